The van der Waals surface area contributed by atoms with E-state index in [0.29, 0.717) is 22.8 Å². The van der Waals surface area contributed by atoms with E-state index in [-0.39, 0.29) is 19.1 Å². The number of nitrogens with zero attached hydrogens (tertiary/aromatic N) is 2. The van der Waals surface area contributed by atoms with E-state index in [1.165, 1.54) is 11.3 Å². The summed E-state index contributed by atoms with van der Waals surface area (Å²) in [6.45, 7) is 0.138. The van der Waals surface area contributed by atoms with E-state index in [0.717, 1.165) is 4.96 Å². The molecular weight excluding hydrogens is 332 g/mol. The molecule has 0 fully saturated rings. The van der Waals surface area contributed by atoms with E-state index in [2.05, 4.69) is 15.8 Å². The Morgan fingerprint density at radius 2 is 2.12 bits per heavy atom. The Kier molecular flexibility index (Phi) is 3.54. The van der Waals surface area contributed by atoms with Crippen molar-refractivity contribution in [3.8, 4) is 11.5 Å². The van der Waals surface area contributed by atoms with Gasteiger partial charge in [0.05, 0.1) is 12.1 Å². The van der Waals surface area contributed by atoms with Crippen molar-refractivity contribution in [3.05, 3.63) is 47.2 Å². The number of nitrogens with one attached hydrogen (secondary N) is 2. The molecule has 24 heavy (non-hydrogen) atoms. The number of hydrazine groups is 1. The highest BCUT2D eigenvalue weighted by Crippen LogP contribution is 2.32. The summed E-state index contributed by atoms with van der Waals surface area (Å²) in [6.07, 6.45) is 3.73. The van der Waals surface area contributed by atoms with Crippen molar-refractivity contribution >= 4 is 28.1 Å². The summed E-state index contributed by atoms with van der Waals surface area (Å²) in [7, 11) is 0. The van der Waals surface area contributed by atoms with Crippen LogP contribution in [-0.2, 0) is 11.2 Å². The van der Waals surface area contributed by atoms with Crippen molar-refractivity contribution in [2.75, 3.05) is 6.79 Å². The summed E-state index contributed by atoms with van der Waals surface area (Å²) >= 11 is 1.49. The van der Waals surface area contributed by atoms with Crippen molar-refractivity contribution in [1.82, 2.24) is 20.2 Å². The lowest BCUT2D eigenvalue weighted by molar-refractivity contribution is -0.121. The maximum Gasteiger partial charge on any atom is 0.269 e. The molecule has 0 unspecified atom stereocenters. The number of fused-ring (bicyclic) bond motifs is 2. The van der Waals surface area contributed by atoms with Gasteiger partial charge >= 0.3 is 0 Å². The van der Waals surface area contributed by atoms with Gasteiger partial charge in [-0.2, -0.15) is 0 Å². The van der Waals surface area contributed by atoms with E-state index in [1.54, 1.807) is 24.4 Å². The van der Waals surface area contributed by atoms with Crippen LogP contribution < -0.4 is 20.3 Å². The Morgan fingerprint density at radius 3 is 3.00 bits per heavy atom. The summed E-state index contributed by atoms with van der Waals surface area (Å²) in [5.74, 6) is 0.310. The average molecular weight is 344 g/mol. The Labute approximate surface area is 140 Å². The fourth-order valence-corrected chi connectivity index (χ4v) is 3.03. The topological polar surface area (TPSA) is 94.0 Å². The van der Waals surface area contributed by atoms with Crippen molar-refractivity contribution in [2.45, 2.75) is 6.42 Å². The van der Waals surface area contributed by atoms with Crippen LogP contribution in [-0.4, -0.2) is 28.0 Å². The predicted molar refractivity (Wildman–Crippen MR) is 84.9 cm³/mol. The fraction of sp³-hybridized carbons (Fsp3) is 0.133. The first-order valence-corrected chi connectivity index (χ1v) is 7.97. The number of thiazole rings is 1. The van der Waals surface area contributed by atoms with Crippen molar-refractivity contribution < 1.29 is 19.1 Å². The second kappa shape index (κ2) is 5.85. The molecule has 0 saturated carbocycles. The summed E-state index contributed by atoms with van der Waals surface area (Å²) in [4.78, 5) is 29.1. The lowest BCUT2D eigenvalue weighted by Crippen LogP contribution is -2.42. The molecule has 0 spiro atoms. The van der Waals surface area contributed by atoms with Crippen LogP contribution >= 0.6 is 11.3 Å². The smallest absolute Gasteiger partial charge is 0.269 e. The number of carbonyl (C=O) groups excluding carboxylic acids is 2. The molecule has 0 aliphatic carbocycles. The van der Waals surface area contributed by atoms with Crippen LogP contribution in [0.5, 0.6) is 11.5 Å². The SMILES string of the molecule is O=C(Cc1cn2ccsc2n1)NNC(=O)c1ccc2c(c1)OCO2. The zero-order valence-electron chi connectivity index (χ0n) is 12.3. The fourth-order valence-electron chi connectivity index (χ4n) is 2.31. The van der Waals surface area contributed by atoms with Gasteiger partial charge in [0.15, 0.2) is 16.5 Å². The molecule has 8 nitrogen and oxygen atoms in total. The Bertz CT molecular complexity index is 904. The third-order valence-electron chi connectivity index (χ3n) is 3.44. The number of amides is 2. The summed E-state index contributed by atoms with van der Waals surface area (Å²) in [5, 5.41) is 1.91. The Balaban J connectivity index is 1.34. The zero-order valence-corrected chi connectivity index (χ0v) is 13.1. The number of aromatic nitrogens is 2. The normalized spacial score (nSPS) is 12.3. The van der Waals surface area contributed by atoms with Gasteiger partial charge in [-0.05, 0) is 18.2 Å². The van der Waals surface area contributed by atoms with E-state index in [4.69, 9.17) is 9.47 Å². The molecule has 122 valence electrons. The van der Waals surface area contributed by atoms with E-state index in [9.17, 15) is 9.59 Å². The zero-order chi connectivity index (χ0) is 16.5. The number of benzene rings is 1. The second-order valence-electron chi connectivity index (χ2n) is 5.07. The summed E-state index contributed by atoms with van der Waals surface area (Å²) in [6, 6.07) is 4.81. The van der Waals surface area contributed by atoms with Gasteiger partial charge < -0.3 is 9.47 Å². The lowest BCUT2D eigenvalue weighted by atomic mass is 10.2. The van der Waals surface area contributed by atoms with Gasteiger partial charge in [-0.15, -0.1) is 11.3 Å². The summed E-state index contributed by atoms with van der Waals surface area (Å²) < 4.78 is 12.2. The van der Waals surface area contributed by atoms with Crippen LogP contribution in [0.1, 0.15) is 16.1 Å². The molecule has 9 heteroatoms. The van der Waals surface area contributed by atoms with E-state index in [1.807, 2.05) is 16.0 Å². The molecule has 4 rings (SSSR count). The first-order chi connectivity index (χ1) is 11.7. The van der Waals surface area contributed by atoms with Crippen LogP contribution in [0.4, 0.5) is 0 Å². The van der Waals surface area contributed by atoms with Gasteiger partial charge in [-0.25, -0.2) is 4.98 Å². The average Bonchev–Trinajstić information content (AvgIpc) is 3.27. The molecular formula is C15H12N4O4S. The number of carbonyl (C=O) groups is 2. The minimum Gasteiger partial charge on any atom is -0.454 e. The molecule has 1 aliphatic rings. The number of hydrogen-bond donors (Lipinski definition) is 2. The molecule has 1 aromatic carbocycles. The van der Waals surface area contributed by atoms with Gasteiger partial charge in [0.2, 0.25) is 12.7 Å². The number of hydrogen-bond acceptors (Lipinski definition) is 6. The van der Waals surface area contributed by atoms with Gasteiger partial charge in [-0.1, -0.05) is 0 Å². The van der Waals surface area contributed by atoms with Crippen LogP contribution in [0.2, 0.25) is 0 Å². The van der Waals surface area contributed by atoms with Crippen molar-refractivity contribution in [1.29, 1.82) is 0 Å². The van der Waals surface area contributed by atoms with Crippen LogP contribution in [0, 0.1) is 0 Å². The predicted octanol–water partition coefficient (Wildman–Crippen LogP) is 1.13. The maximum atomic E-state index is 12.1. The van der Waals surface area contributed by atoms with Crippen LogP contribution in [0.15, 0.2) is 36.0 Å². The first kappa shape index (κ1) is 14.5. The first-order valence-electron chi connectivity index (χ1n) is 7.09. The molecule has 2 N–H and O–H groups in total. The highest BCUT2D eigenvalue weighted by atomic mass is 32.1. The lowest BCUT2D eigenvalue weighted by Gasteiger charge is -2.07. The molecule has 3 heterocycles. The monoisotopic (exact) mass is 344 g/mol. The molecule has 3 aromatic rings. The minimum atomic E-state index is -0.438. The van der Waals surface area contributed by atoms with Gasteiger partial charge in [0.25, 0.3) is 5.91 Å². The van der Waals surface area contributed by atoms with Gasteiger partial charge in [0.1, 0.15) is 0 Å². The molecule has 1 aliphatic heterocycles. The Hall–Kier alpha value is -3.07. The minimum absolute atomic E-state index is 0.0792. The molecule has 0 atom stereocenters. The van der Waals surface area contributed by atoms with E-state index >= 15 is 0 Å². The number of rotatable bonds is 3. The van der Waals surface area contributed by atoms with E-state index < -0.39 is 5.91 Å². The third kappa shape index (κ3) is 2.76. The van der Waals surface area contributed by atoms with Crippen LogP contribution in [0.3, 0.4) is 0 Å². The largest absolute Gasteiger partial charge is 0.454 e. The maximum absolute atomic E-state index is 12.1. The molecule has 0 radical (unpaired) electrons. The highest BCUT2D eigenvalue weighted by molar-refractivity contribution is 7.15. The summed E-state index contributed by atoms with van der Waals surface area (Å²) in [5.41, 5.74) is 5.75. The standard InChI is InChI=1S/C15H12N4O4S/c20-13(6-10-7-19-3-4-24-15(19)16-10)17-18-14(21)9-1-2-11-12(5-9)23-8-22-11/h1-5,7H,6,8H2,(H,17,20)(H,18,21). The molecule has 2 amide bonds. The van der Waals surface area contributed by atoms with Gasteiger partial charge in [-0.3, -0.25) is 24.8 Å². The second-order valence-corrected chi connectivity index (χ2v) is 5.95. The number of ether oxygens (including phenoxy) is 2. The molecule has 0 bridgehead atoms. The van der Waals surface area contributed by atoms with Crippen molar-refractivity contribution in [2.24, 2.45) is 0 Å². The van der Waals surface area contributed by atoms with Gasteiger partial charge in [0, 0.05) is 23.3 Å². The quantitative estimate of drug-likeness (QED) is 0.695. The van der Waals surface area contributed by atoms with Crippen LogP contribution in [0.25, 0.3) is 4.96 Å². The molecule has 0 saturated heterocycles. The van der Waals surface area contributed by atoms with Crippen molar-refractivity contribution in [3.63, 3.8) is 0 Å². The Morgan fingerprint density at radius 1 is 1.25 bits per heavy atom. The number of imidazole rings is 1. The highest BCUT2D eigenvalue weighted by Gasteiger charge is 2.16. The third-order valence-corrected chi connectivity index (χ3v) is 4.21. The molecule has 2 aromatic heterocycles.